The van der Waals surface area contributed by atoms with Gasteiger partial charge in [-0.05, 0) is 24.3 Å². The summed E-state index contributed by atoms with van der Waals surface area (Å²) in [6.07, 6.45) is 1.89. The second-order valence-corrected chi connectivity index (χ2v) is 7.01. The number of carbonyl (C=O) groups is 6. The van der Waals surface area contributed by atoms with Gasteiger partial charge in [0.1, 0.15) is 0 Å². The molecule has 2 aromatic rings. The van der Waals surface area contributed by atoms with Crippen LogP contribution in [-0.4, -0.2) is 35.7 Å². The highest BCUT2D eigenvalue weighted by Crippen LogP contribution is 2.32. The Morgan fingerprint density at radius 1 is 0.528 bits per heavy atom. The van der Waals surface area contributed by atoms with E-state index in [1.165, 1.54) is 50.2 Å². The molecule has 0 fully saturated rings. The summed E-state index contributed by atoms with van der Waals surface area (Å²) < 4.78 is 19.9. The Balaban J connectivity index is 2.08. The van der Waals surface area contributed by atoms with Gasteiger partial charge in [0.25, 0.3) is 0 Å². The minimum atomic E-state index is -0.690. The van der Waals surface area contributed by atoms with E-state index < -0.39 is 35.7 Å². The molecular weight excluding hydrogens is 476 g/mol. The Hall–Kier alpha value is -5.00. The van der Waals surface area contributed by atoms with Gasteiger partial charge in [0, 0.05) is 63.4 Å². The van der Waals surface area contributed by atoms with Gasteiger partial charge in [0.2, 0.25) is 11.8 Å². The maximum absolute atomic E-state index is 12.2. The molecule has 0 heterocycles. The molecule has 2 aromatic carbocycles. The molecule has 2 amide bonds. The minimum Gasteiger partial charge on any atom is -0.423 e. The standard InChI is InChI=1S/C24H22N2O10/c1-13(27)33-19-7-5-17(11-21(19)35-15(3)29)25-23(31)9-10-24(32)26-18-6-8-20(34-14(2)28)22(12-18)36-16(4)30/h5-12H,1-4H3,(H,25,31)(H,26,32). The van der Waals surface area contributed by atoms with Gasteiger partial charge in [-0.2, -0.15) is 0 Å². The Bertz CT molecular complexity index is 1150. The van der Waals surface area contributed by atoms with E-state index in [0.717, 1.165) is 26.0 Å². The number of carbonyl (C=O) groups excluding carboxylic acids is 6. The Morgan fingerprint density at radius 2 is 0.833 bits per heavy atom. The summed E-state index contributed by atoms with van der Waals surface area (Å²) in [4.78, 5) is 69.4. The number of nitrogens with one attached hydrogen (secondary N) is 2. The van der Waals surface area contributed by atoms with Crippen LogP contribution in [0.3, 0.4) is 0 Å². The number of esters is 4. The molecule has 0 saturated carbocycles. The lowest BCUT2D eigenvalue weighted by Crippen LogP contribution is -2.13. The van der Waals surface area contributed by atoms with Crippen molar-refractivity contribution in [3.63, 3.8) is 0 Å². The van der Waals surface area contributed by atoms with E-state index in [4.69, 9.17) is 18.9 Å². The summed E-state index contributed by atoms with van der Waals surface area (Å²) >= 11 is 0. The van der Waals surface area contributed by atoms with Crippen LogP contribution in [0.25, 0.3) is 0 Å². The van der Waals surface area contributed by atoms with Crippen molar-refractivity contribution >= 4 is 47.1 Å². The minimum absolute atomic E-state index is 0.0153. The molecule has 36 heavy (non-hydrogen) atoms. The van der Waals surface area contributed by atoms with E-state index in [1.807, 2.05) is 0 Å². The van der Waals surface area contributed by atoms with E-state index in [-0.39, 0.29) is 34.4 Å². The number of ether oxygens (including phenoxy) is 4. The largest absolute Gasteiger partial charge is 0.423 e. The zero-order valence-electron chi connectivity index (χ0n) is 19.7. The Morgan fingerprint density at radius 3 is 1.14 bits per heavy atom. The number of hydrogen-bond donors (Lipinski definition) is 2. The third kappa shape index (κ3) is 9.09. The van der Waals surface area contributed by atoms with Gasteiger partial charge >= 0.3 is 23.9 Å². The molecule has 12 heteroatoms. The molecule has 2 rings (SSSR count). The fourth-order valence-corrected chi connectivity index (χ4v) is 2.64. The zero-order valence-corrected chi connectivity index (χ0v) is 19.7. The van der Waals surface area contributed by atoms with Crippen molar-refractivity contribution in [3.8, 4) is 23.0 Å². The molecule has 0 saturated heterocycles. The van der Waals surface area contributed by atoms with Crippen LogP contribution in [0.4, 0.5) is 11.4 Å². The van der Waals surface area contributed by atoms with Crippen LogP contribution in [0.2, 0.25) is 0 Å². The van der Waals surface area contributed by atoms with Crippen molar-refractivity contribution in [2.24, 2.45) is 0 Å². The van der Waals surface area contributed by atoms with Crippen LogP contribution in [-0.2, 0) is 28.8 Å². The number of amides is 2. The van der Waals surface area contributed by atoms with Crippen LogP contribution in [0.5, 0.6) is 23.0 Å². The first-order valence-electron chi connectivity index (χ1n) is 10.2. The average molecular weight is 498 g/mol. The molecule has 0 spiro atoms. The quantitative estimate of drug-likeness (QED) is 0.314. The summed E-state index contributed by atoms with van der Waals surface area (Å²) in [7, 11) is 0. The summed E-state index contributed by atoms with van der Waals surface area (Å²) in [6, 6.07) is 7.99. The summed E-state index contributed by atoms with van der Waals surface area (Å²) in [5, 5.41) is 4.94. The number of hydrogen-bond acceptors (Lipinski definition) is 10. The molecule has 0 aromatic heterocycles. The molecule has 12 nitrogen and oxygen atoms in total. The van der Waals surface area contributed by atoms with Crippen molar-refractivity contribution in [2.75, 3.05) is 10.6 Å². The van der Waals surface area contributed by atoms with Gasteiger partial charge in [0.05, 0.1) is 0 Å². The van der Waals surface area contributed by atoms with E-state index in [2.05, 4.69) is 10.6 Å². The number of benzene rings is 2. The second kappa shape index (κ2) is 12.5. The van der Waals surface area contributed by atoms with Gasteiger partial charge < -0.3 is 29.6 Å². The van der Waals surface area contributed by atoms with E-state index in [1.54, 1.807) is 0 Å². The second-order valence-electron chi connectivity index (χ2n) is 7.01. The molecule has 0 radical (unpaired) electrons. The lowest BCUT2D eigenvalue weighted by molar-refractivity contribution is -0.134. The molecule has 0 aliphatic rings. The first-order chi connectivity index (χ1) is 16.9. The van der Waals surface area contributed by atoms with Gasteiger partial charge in [-0.1, -0.05) is 0 Å². The number of rotatable bonds is 8. The van der Waals surface area contributed by atoms with Crippen molar-refractivity contribution < 1.29 is 47.7 Å². The molecule has 0 atom stereocenters. The van der Waals surface area contributed by atoms with Gasteiger partial charge in [0.15, 0.2) is 23.0 Å². The summed E-state index contributed by atoms with van der Waals surface area (Å²) in [6.45, 7) is 4.66. The van der Waals surface area contributed by atoms with Crippen LogP contribution < -0.4 is 29.6 Å². The average Bonchev–Trinajstić information content (AvgIpc) is 2.74. The predicted octanol–water partition coefficient (Wildman–Crippen LogP) is 2.52. The first kappa shape index (κ1) is 27.2. The molecule has 0 unspecified atom stereocenters. The molecule has 2 N–H and O–H groups in total. The van der Waals surface area contributed by atoms with Crippen molar-refractivity contribution in [1.82, 2.24) is 0 Å². The van der Waals surface area contributed by atoms with Crippen molar-refractivity contribution in [2.45, 2.75) is 27.7 Å². The van der Waals surface area contributed by atoms with Gasteiger partial charge in [-0.3, -0.25) is 28.8 Å². The maximum Gasteiger partial charge on any atom is 0.308 e. The van der Waals surface area contributed by atoms with Gasteiger partial charge in [-0.25, -0.2) is 0 Å². The highest BCUT2D eigenvalue weighted by Gasteiger charge is 2.14. The third-order valence-electron chi connectivity index (χ3n) is 3.82. The Kier molecular flexibility index (Phi) is 9.43. The lowest BCUT2D eigenvalue weighted by atomic mass is 10.2. The van der Waals surface area contributed by atoms with Crippen LogP contribution in [0.15, 0.2) is 48.6 Å². The van der Waals surface area contributed by atoms with Gasteiger partial charge in [-0.15, -0.1) is 0 Å². The highest BCUT2D eigenvalue weighted by atomic mass is 16.6. The van der Waals surface area contributed by atoms with Crippen LogP contribution in [0, 0.1) is 0 Å². The van der Waals surface area contributed by atoms with Crippen molar-refractivity contribution in [1.29, 1.82) is 0 Å². The first-order valence-corrected chi connectivity index (χ1v) is 10.2. The maximum atomic E-state index is 12.2. The van der Waals surface area contributed by atoms with Crippen molar-refractivity contribution in [3.05, 3.63) is 48.6 Å². The normalized spacial score (nSPS) is 10.2. The smallest absolute Gasteiger partial charge is 0.308 e. The summed E-state index contributed by atoms with van der Waals surface area (Å²) in [5.41, 5.74) is 0.397. The summed E-state index contributed by atoms with van der Waals surface area (Å²) in [5.74, 6) is -4.17. The van der Waals surface area contributed by atoms with E-state index in [9.17, 15) is 28.8 Å². The zero-order chi connectivity index (χ0) is 26.8. The number of anilines is 2. The monoisotopic (exact) mass is 498 g/mol. The third-order valence-corrected chi connectivity index (χ3v) is 3.82. The Labute approximate surface area is 205 Å². The topological polar surface area (TPSA) is 163 Å². The molecule has 0 aliphatic heterocycles. The van der Waals surface area contributed by atoms with Crippen LogP contribution in [0.1, 0.15) is 27.7 Å². The predicted molar refractivity (Wildman–Crippen MR) is 125 cm³/mol. The lowest BCUT2D eigenvalue weighted by Gasteiger charge is -2.11. The van der Waals surface area contributed by atoms with E-state index >= 15 is 0 Å². The molecule has 0 aliphatic carbocycles. The molecule has 188 valence electrons. The van der Waals surface area contributed by atoms with Crippen LogP contribution >= 0.6 is 0 Å². The highest BCUT2D eigenvalue weighted by molar-refractivity contribution is 6.07. The fourth-order valence-electron chi connectivity index (χ4n) is 2.64. The van der Waals surface area contributed by atoms with E-state index in [0.29, 0.717) is 0 Å². The fraction of sp³-hybridized carbons (Fsp3) is 0.167. The SMILES string of the molecule is CC(=O)Oc1ccc(NC(=O)C=CC(=O)Nc2ccc(OC(C)=O)c(OC(C)=O)c2)cc1OC(C)=O. The molecular formula is C24H22N2O10. The molecule has 0 bridgehead atoms.